The fourth-order valence-corrected chi connectivity index (χ4v) is 3.81. The highest BCUT2D eigenvalue weighted by atomic mass is 16.5. The van der Waals surface area contributed by atoms with Crippen molar-refractivity contribution < 1.29 is 4.74 Å². The van der Waals surface area contributed by atoms with Crippen LogP contribution >= 0.6 is 0 Å². The Morgan fingerprint density at radius 2 is 1.73 bits per heavy atom. The van der Waals surface area contributed by atoms with Gasteiger partial charge in [0.05, 0.1) is 31.4 Å². The lowest BCUT2D eigenvalue weighted by Gasteiger charge is -2.58. The second-order valence-electron chi connectivity index (χ2n) is 5.45. The van der Waals surface area contributed by atoms with Crippen LogP contribution in [-0.2, 0) is 0 Å². The highest BCUT2D eigenvalue weighted by Crippen LogP contribution is 2.70. The van der Waals surface area contributed by atoms with Gasteiger partial charge in [-0.05, 0) is 12.1 Å². The van der Waals surface area contributed by atoms with Gasteiger partial charge in [-0.3, -0.25) is 0 Å². The molecule has 2 atom stereocenters. The monoisotopic (exact) mass is 289 g/mol. The number of hydrogen-bond donors (Lipinski definition) is 1. The molecule has 2 unspecified atom stereocenters. The van der Waals surface area contributed by atoms with Gasteiger partial charge in [-0.2, -0.15) is 21.0 Å². The molecule has 1 aliphatic heterocycles. The Morgan fingerprint density at radius 3 is 2.27 bits per heavy atom. The maximum Gasteiger partial charge on any atom is 0.183 e. The van der Waals surface area contributed by atoms with Gasteiger partial charge in [-0.25, -0.2) is 0 Å². The molecule has 0 saturated heterocycles. The van der Waals surface area contributed by atoms with Crippen molar-refractivity contribution in [2.75, 3.05) is 19.0 Å². The summed E-state index contributed by atoms with van der Waals surface area (Å²) in [4.78, 5) is 0. The van der Waals surface area contributed by atoms with Crippen molar-refractivity contribution in [3.8, 4) is 30.0 Å². The van der Waals surface area contributed by atoms with Crippen molar-refractivity contribution in [3.05, 3.63) is 23.8 Å². The van der Waals surface area contributed by atoms with Crippen LogP contribution < -0.4 is 10.1 Å². The van der Waals surface area contributed by atoms with E-state index in [1.807, 2.05) is 36.4 Å². The highest BCUT2D eigenvalue weighted by molar-refractivity contribution is 5.67. The number of fused-ring (bicyclic) bond motifs is 3. The van der Waals surface area contributed by atoms with Crippen LogP contribution in [0.3, 0.4) is 0 Å². The third kappa shape index (κ3) is 1.21. The Bertz CT molecular complexity index is 775. The molecule has 106 valence electrons. The van der Waals surface area contributed by atoms with E-state index in [0.29, 0.717) is 17.9 Å². The van der Waals surface area contributed by atoms with Gasteiger partial charge in [0, 0.05) is 29.6 Å². The third-order valence-electron chi connectivity index (χ3n) is 4.86. The summed E-state index contributed by atoms with van der Waals surface area (Å²) in [5.41, 5.74) is -1.84. The van der Waals surface area contributed by atoms with Gasteiger partial charge in [0.15, 0.2) is 10.8 Å². The van der Waals surface area contributed by atoms with Crippen molar-refractivity contribution in [1.82, 2.24) is 0 Å². The lowest BCUT2D eigenvalue weighted by molar-refractivity contribution is 0.000183. The van der Waals surface area contributed by atoms with Gasteiger partial charge in [0.1, 0.15) is 5.75 Å². The quantitative estimate of drug-likeness (QED) is 0.843. The van der Waals surface area contributed by atoms with Crippen LogP contribution in [0.25, 0.3) is 0 Å². The van der Waals surface area contributed by atoms with Crippen molar-refractivity contribution in [3.63, 3.8) is 0 Å². The number of methoxy groups -OCH3 is 1. The first-order valence-electron chi connectivity index (χ1n) is 6.71. The number of rotatable bonds is 1. The average molecular weight is 289 g/mol. The summed E-state index contributed by atoms with van der Waals surface area (Å²) in [6.45, 7) is 0.372. The predicted molar refractivity (Wildman–Crippen MR) is 75.0 cm³/mol. The number of nitrogens with one attached hydrogen (secondary N) is 1. The number of ether oxygens (including phenoxy) is 1. The third-order valence-corrected chi connectivity index (χ3v) is 4.86. The maximum atomic E-state index is 9.63. The van der Waals surface area contributed by atoms with Gasteiger partial charge in [-0.15, -0.1) is 0 Å². The van der Waals surface area contributed by atoms with Crippen LogP contribution in [0.4, 0.5) is 5.69 Å². The van der Waals surface area contributed by atoms with Crippen LogP contribution in [0.2, 0.25) is 0 Å². The summed E-state index contributed by atoms with van der Waals surface area (Å²) in [5.74, 6) is -0.390. The first-order chi connectivity index (χ1) is 10.7. The first-order valence-corrected chi connectivity index (χ1v) is 6.71. The Morgan fingerprint density at radius 1 is 1.09 bits per heavy atom. The number of nitriles is 4. The van der Waals surface area contributed by atoms with Crippen molar-refractivity contribution in [2.45, 2.75) is 5.92 Å². The molecule has 1 aliphatic carbocycles. The Kier molecular flexibility index (Phi) is 2.74. The van der Waals surface area contributed by atoms with Crippen molar-refractivity contribution >= 4 is 5.69 Å². The number of benzene rings is 1. The van der Waals surface area contributed by atoms with E-state index in [9.17, 15) is 21.0 Å². The number of hydrogen-bond acceptors (Lipinski definition) is 6. The lowest BCUT2D eigenvalue weighted by atomic mass is 9.37. The fourth-order valence-electron chi connectivity index (χ4n) is 3.81. The van der Waals surface area contributed by atoms with Gasteiger partial charge in [0.25, 0.3) is 0 Å². The molecule has 0 aromatic heterocycles. The molecule has 6 heteroatoms. The minimum absolute atomic E-state index is 0.372. The maximum absolute atomic E-state index is 9.63. The minimum atomic E-state index is -1.69. The zero-order valence-corrected chi connectivity index (χ0v) is 11.8. The normalized spacial score (nSPS) is 25.3. The first kappa shape index (κ1) is 13.7. The molecule has 1 fully saturated rings. The summed E-state index contributed by atoms with van der Waals surface area (Å²) in [5, 5.41) is 41.5. The van der Waals surface area contributed by atoms with E-state index in [4.69, 9.17) is 4.74 Å². The molecule has 0 amide bonds. The highest BCUT2D eigenvalue weighted by Gasteiger charge is 2.77. The molecule has 0 bridgehead atoms. The van der Waals surface area contributed by atoms with E-state index in [1.54, 1.807) is 6.07 Å². The van der Waals surface area contributed by atoms with E-state index in [2.05, 4.69) is 5.32 Å². The molecule has 1 saturated carbocycles. The summed E-state index contributed by atoms with van der Waals surface area (Å²) in [7, 11) is 1.51. The van der Waals surface area contributed by atoms with Crippen LogP contribution in [0.15, 0.2) is 18.2 Å². The number of anilines is 1. The second-order valence-corrected chi connectivity index (χ2v) is 5.45. The standard InChI is InChI=1S/C16H11N5O/c1-22-12-4-2-3-11-13(12)14-10(5-21-11)15(6-17,7-18)16(14,8-19)9-20/h2-4,10,14,21H,5H2,1H3. The molecule has 1 aromatic rings. The molecule has 3 rings (SSSR count). The second kappa shape index (κ2) is 4.39. The minimum Gasteiger partial charge on any atom is -0.496 e. The molecule has 1 aromatic carbocycles. The predicted octanol–water partition coefficient (Wildman–Crippen LogP) is 1.90. The molecule has 6 nitrogen and oxygen atoms in total. The SMILES string of the molecule is COc1cccc2c1C1C(CN2)C(C#N)(C#N)C1(C#N)C#N. The molecule has 1 N–H and O–H groups in total. The molecule has 0 radical (unpaired) electrons. The smallest absolute Gasteiger partial charge is 0.183 e. The van der Waals surface area contributed by atoms with Crippen LogP contribution in [0, 0.1) is 62.1 Å². The van der Waals surface area contributed by atoms with Crippen LogP contribution in [0.1, 0.15) is 11.5 Å². The zero-order valence-electron chi connectivity index (χ0n) is 11.8. The largest absolute Gasteiger partial charge is 0.496 e. The molecular formula is C16H11N5O. The lowest BCUT2D eigenvalue weighted by Crippen LogP contribution is -2.65. The van der Waals surface area contributed by atoms with Crippen LogP contribution in [0.5, 0.6) is 5.75 Å². The number of nitrogens with zero attached hydrogens (tertiary/aromatic N) is 4. The fraction of sp³-hybridized carbons (Fsp3) is 0.375. The summed E-state index contributed by atoms with van der Waals surface area (Å²) >= 11 is 0. The summed E-state index contributed by atoms with van der Waals surface area (Å²) in [6, 6.07) is 13.2. The molecule has 22 heavy (non-hydrogen) atoms. The van der Waals surface area contributed by atoms with Gasteiger partial charge < -0.3 is 10.1 Å². The van der Waals surface area contributed by atoms with Crippen molar-refractivity contribution in [1.29, 1.82) is 21.0 Å². The molecule has 0 spiro atoms. The zero-order chi connectivity index (χ0) is 16.0. The van der Waals surface area contributed by atoms with Gasteiger partial charge in [0.2, 0.25) is 0 Å². The van der Waals surface area contributed by atoms with Gasteiger partial charge >= 0.3 is 0 Å². The van der Waals surface area contributed by atoms with Crippen LogP contribution in [-0.4, -0.2) is 13.7 Å². The Balaban J connectivity index is 2.29. The van der Waals surface area contributed by atoms with Gasteiger partial charge in [-0.1, -0.05) is 6.07 Å². The van der Waals surface area contributed by atoms with Crippen molar-refractivity contribution in [2.24, 2.45) is 16.7 Å². The Labute approximate surface area is 127 Å². The topological polar surface area (TPSA) is 116 Å². The van der Waals surface area contributed by atoms with E-state index in [0.717, 1.165) is 5.69 Å². The van der Waals surface area contributed by atoms with E-state index < -0.39 is 22.7 Å². The molecular weight excluding hydrogens is 278 g/mol. The summed E-state index contributed by atoms with van der Waals surface area (Å²) < 4.78 is 5.36. The Hall–Kier alpha value is -3.22. The molecule has 2 aliphatic rings. The van der Waals surface area contributed by atoms with E-state index in [-0.39, 0.29) is 0 Å². The van der Waals surface area contributed by atoms with E-state index >= 15 is 0 Å². The average Bonchev–Trinajstić information content (AvgIpc) is 2.56. The summed E-state index contributed by atoms with van der Waals surface area (Å²) in [6.07, 6.45) is 0. The molecule has 1 heterocycles. The van der Waals surface area contributed by atoms with E-state index in [1.165, 1.54) is 7.11 Å².